The summed E-state index contributed by atoms with van der Waals surface area (Å²) in [5.41, 5.74) is -0.850. The van der Waals surface area contributed by atoms with Gasteiger partial charge in [0.25, 0.3) is 0 Å². The predicted octanol–water partition coefficient (Wildman–Crippen LogP) is 1.44. The maximum absolute atomic E-state index is 12.9. The van der Waals surface area contributed by atoms with Crippen molar-refractivity contribution < 1.29 is 13.9 Å². The number of esters is 1. The summed E-state index contributed by atoms with van der Waals surface area (Å²) >= 11 is 0. The Bertz CT molecular complexity index is 158. The Balaban J connectivity index is 2.70. The molecule has 1 rings (SSSR count). The molecule has 0 aromatic carbocycles. The normalized spacial score (nSPS) is 39.9. The molecule has 0 saturated carbocycles. The zero-order chi connectivity index (χ0) is 7.78. The molecule has 0 amide bonds. The lowest BCUT2D eigenvalue weighted by Gasteiger charge is -2.22. The third kappa shape index (κ3) is 1.00. The van der Waals surface area contributed by atoms with Crippen LogP contribution in [-0.4, -0.2) is 17.7 Å². The van der Waals surface area contributed by atoms with Crippen LogP contribution in [0.3, 0.4) is 0 Å². The van der Waals surface area contributed by atoms with Crippen LogP contribution in [0.15, 0.2) is 0 Å². The fourth-order valence-electron chi connectivity index (χ4n) is 1.02. The quantitative estimate of drug-likeness (QED) is 0.523. The van der Waals surface area contributed by atoms with Crippen molar-refractivity contribution in [3.05, 3.63) is 0 Å². The van der Waals surface area contributed by atoms with E-state index in [2.05, 4.69) is 0 Å². The molecule has 1 heterocycles. The molecule has 0 spiro atoms. The Morgan fingerprint density at radius 1 is 1.90 bits per heavy atom. The van der Waals surface area contributed by atoms with Crippen molar-refractivity contribution in [3.63, 3.8) is 0 Å². The lowest BCUT2D eigenvalue weighted by molar-refractivity contribution is -0.148. The summed E-state index contributed by atoms with van der Waals surface area (Å²) in [6, 6.07) is 0. The minimum atomic E-state index is -1.12. The number of halogens is 1. The van der Waals surface area contributed by atoms with Crippen LogP contribution in [0.25, 0.3) is 0 Å². The average Bonchev–Trinajstić information content (AvgIpc) is 2.09. The number of carbonyl (C=O) groups is 1. The molecular weight excluding hydrogens is 135 g/mol. The molecule has 0 radical (unpaired) electrons. The van der Waals surface area contributed by atoms with Crippen molar-refractivity contribution in [2.45, 2.75) is 38.5 Å². The summed E-state index contributed by atoms with van der Waals surface area (Å²) in [4.78, 5) is 10.6. The Kier molecular flexibility index (Phi) is 1.67. The van der Waals surface area contributed by atoms with Crippen molar-refractivity contribution in [3.8, 4) is 0 Å². The number of carbonyl (C=O) groups excluding carboxylic acids is 1. The van der Waals surface area contributed by atoms with Crippen LogP contribution in [0.5, 0.6) is 0 Å². The molecule has 10 heavy (non-hydrogen) atoms. The van der Waals surface area contributed by atoms with Crippen molar-refractivity contribution in [2.24, 2.45) is 0 Å². The van der Waals surface area contributed by atoms with Gasteiger partial charge in [0.15, 0.2) is 0 Å². The summed E-state index contributed by atoms with van der Waals surface area (Å²) in [5.74, 6) is -0.420. The summed E-state index contributed by atoms with van der Waals surface area (Å²) < 4.78 is 17.7. The van der Waals surface area contributed by atoms with E-state index in [-0.39, 0.29) is 6.42 Å². The second-order valence-corrected chi connectivity index (χ2v) is 2.81. The van der Waals surface area contributed by atoms with Gasteiger partial charge >= 0.3 is 5.97 Å². The van der Waals surface area contributed by atoms with Gasteiger partial charge in [-0.05, 0) is 13.3 Å². The molecule has 0 aromatic heterocycles. The van der Waals surface area contributed by atoms with Gasteiger partial charge in [0.2, 0.25) is 0 Å². The molecule has 0 bridgehead atoms. The van der Waals surface area contributed by atoms with Crippen LogP contribution in [-0.2, 0) is 9.53 Å². The second kappa shape index (κ2) is 2.22. The molecule has 1 aliphatic heterocycles. The zero-order valence-electron chi connectivity index (χ0n) is 6.19. The number of ether oxygens (including phenoxy) is 1. The Morgan fingerprint density at radius 3 is 2.70 bits per heavy atom. The van der Waals surface area contributed by atoms with Gasteiger partial charge in [-0.1, -0.05) is 6.92 Å². The molecule has 0 unspecified atom stereocenters. The van der Waals surface area contributed by atoms with Gasteiger partial charge in [-0.2, -0.15) is 0 Å². The third-order valence-electron chi connectivity index (χ3n) is 2.06. The lowest BCUT2D eigenvalue weighted by Crippen LogP contribution is -2.31. The number of rotatable bonds is 1. The Morgan fingerprint density at radius 2 is 2.50 bits per heavy atom. The minimum absolute atomic E-state index is 0.0790. The largest absolute Gasteiger partial charge is 0.456 e. The van der Waals surface area contributed by atoms with Crippen LogP contribution in [0.2, 0.25) is 0 Å². The van der Waals surface area contributed by atoms with E-state index in [0.717, 1.165) is 0 Å². The maximum atomic E-state index is 12.9. The van der Waals surface area contributed by atoms with Gasteiger partial charge in [-0.3, -0.25) is 4.79 Å². The lowest BCUT2D eigenvalue weighted by atomic mass is 9.98. The standard InChI is InChI=1S/C7H11FO2/c1-3-7(2)5(8)4-6(9)10-7/h5H,3-4H2,1-2H3/t5-,7-/m0/s1. The summed E-state index contributed by atoms with van der Waals surface area (Å²) in [6.45, 7) is 3.44. The number of cyclic esters (lactones) is 1. The van der Waals surface area contributed by atoms with E-state index < -0.39 is 17.7 Å². The van der Waals surface area contributed by atoms with E-state index in [0.29, 0.717) is 6.42 Å². The van der Waals surface area contributed by atoms with E-state index in [1.54, 1.807) is 6.92 Å². The van der Waals surface area contributed by atoms with Gasteiger partial charge in [0.1, 0.15) is 11.8 Å². The molecule has 0 N–H and O–H groups in total. The number of hydrogen-bond donors (Lipinski definition) is 0. The van der Waals surface area contributed by atoms with Crippen molar-refractivity contribution in [1.29, 1.82) is 0 Å². The third-order valence-corrected chi connectivity index (χ3v) is 2.06. The highest BCUT2D eigenvalue weighted by Crippen LogP contribution is 2.31. The van der Waals surface area contributed by atoms with Gasteiger partial charge in [0, 0.05) is 0 Å². The van der Waals surface area contributed by atoms with Crippen molar-refractivity contribution in [1.82, 2.24) is 0 Å². The average molecular weight is 146 g/mol. The monoisotopic (exact) mass is 146 g/mol. The fourth-order valence-corrected chi connectivity index (χ4v) is 1.02. The van der Waals surface area contributed by atoms with Gasteiger partial charge in [0.05, 0.1) is 6.42 Å². The van der Waals surface area contributed by atoms with Crippen LogP contribution in [0, 0.1) is 0 Å². The number of hydrogen-bond acceptors (Lipinski definition) is 2. The smallest absolute Gasteiger partial charge is 0.309 e. The maximum Gasteiger partial charge on any atom is 0.309 e. The van der Waals surface area contributed by atoms with Crippen LogP contribution < -0.4 is 0 Å². The van der Waals surface area contributed by atoms with Gasteiger partial charge < -0.3 is 4.74 Å². The molecule has 58 valence electrons. The molecule has 1 aliphatic rings. The minimum Gasteiger partial charge on any atom is -0.456 e. The molecule has 2 atom stereocenters. The van der Waals surface area contributed by atoms with Crippen molar-refractivity contribution >= 4 is 5.97 Å². The zero-order valence-corrected chi connectivity index (χ0v) is 6.19. The van der Waals surface area contributed by atoms with E-state index in [9.17, 15) is 9.18 Å². The first-order valence-electron chi connectivity index (χ1n) is 3.44. The Labute approximate surface area is 59.4 Å². The predicted molar refractivity (Wildman–Crippen MR) is 34.3 cm³/mol. The van der Waals surface area contributed by atoms with Gasteiger partial charge in [-0.25, -0.2) is 4.39 Å². The highest BCUT2D eigenvalue weighted by Gasteiger charge is 2.44. The second-order valence-electron chi connectivity index (χ2n) is 2.81. The first-order chi connectivity index (χ1) is 4.58. The molecule has 2 nitrogen and oxygen atoms in total. The highest BCUT2D eigenvalue weighted by molar-refractivity contribution is 5.73. The topological polar surface area (TPSA) is 26.3 Å². The van der Waals surface area contributed by atoms with E-state index in [1.807, 2.05) is 6.92 Å². The molecular formula is C7H11FO2. The molecule has 0 aromatic rings. The Hall–Kier alpha value is -0.600. The fraction of sp³-hybridized carbons (Fsp3) is 0.857. The first kappa shape index (κ1) is 7.51. The molecule has 0 aliphatic carbocycles. The summed E-state index contributed by atoms with van der Waals surface area (Å²) in [6.07, 6.45) is -0.658. The van der Waals surface area contributed by atoms with Crippen molar-refractivity contribution in [2.75, 3.05) is 0 Å². The number of alkyl halides is 1. The molecule has 1 fully saturated rings. The van der Waals surface area contributed by atoms with Crippen LogP contribution in [0.4, 0.5) is 4.39 Å². The SMILES string of the molecule is CC[C@]1(C)OC(=O)C[C@@H]1F. The van der Waals surface area contributed by atoms with E-state index in [1.165, 1.54) is 0 Å². The van der Waals surface area contributed by atoms with E-state index >= 15 is 0 Å². The first-order valence-corrected chi connectivity index (χ1v) is 3.44. The molecule has 3 heteroatoms. The van der Waals surface area contributed by atoms with Gasteiger partial charge in [-0.15, -0.1) is 0 Å². The summed E-state index contributed by atoms with van der Waals surface area (Å²) in [5, 5.41) is 0. The molecule has 1 saturated heterocycles. The van der Waals surface area contributed by atoms with Crippen LogP contribution >= 0.6 is 0 Å². The van der Waals surface area contributed by atoms with Crippen LogP contribution in [0.1, 0.15) is 26.7 Å². The highest BCUT2D eigenvalue weighted by atomic mass is 19.1. The van der Waals surface area contributed by atoms with E-state index in [4.69, 9.17) is 4.74 Å². The summed E-state index contributed by atoms with van der Waals surface area (Å²) in [7, 11) is 0.